The van der Waals surface area contributed by atoms with Crippen LogP contribution in [0.2, 0.25) is 0 Å². The van der Waals surface area contributed by atoms with Gasteiger partial charge in [0.15, 0.2) is 17.5 Å². The van der Waals surface area contributed by atoms with Crippen LogP contribution in [0.5, 0.6) is 0 Å². The highest BCUT2D eigenvalue weighted by atomic mass is 16.3. The maximum Gasteiger partial charge on any atom is 0.165 e. The van der Waals surface area contributed by atoms with E-state index in [4.69, 9.17) is 19.4 Å². The molecule has 0 spiro atoms. The van der Waals surface area contributed by atoms with E-state index in [1.54, 1.807) is 6.08 Å². The molecule has 8 rings (SSSR count). The van der Waals surface area contributed by atoms with Gasteiger partial charge in [0.2, 0.25) is 0 Å². The normalized spacial score (nSPS) is 11.5. The summed E-state index contributed by atoms with van der Waals surface area (Å²) >= 11 is 0. The Morgan fingerprint density at radius 3 is 2.04 bits per heavy atom. The molecule has 8 aromatic rings. The lowest BCUT2D eigenvalue weighted by Crippen LogP contribution is -2.02. The fourth-order valence-corrected chi connectivity index (χ4v) is 6.34. The van der Waals surface area contributed by atoms with Gasteiger partial charge in [-0.1, -0.05) is 97.6 Å². The van der Waals surface area contributed by atoms with Crippen molar-refractivity contribution in [3.63, 3.8) is 0 Å². The van der Waals surface area contributed by atoms with E-state index in [0.29, 0.717) is 28.6 Å². The minimum atomic E-state index is 0.441. The first-order chi connectivity index (χ1) is 23.2. The molecule has 0 atom stereocenters. The van der Waals surface area contributed by atoms with Crippen LogP contribution in [0.15, 0.2) is 132 Å². The van der Waals surface area contributed by atoms with E-state index in [9.17, 15) is 5.26 Å². The van der Waals surface area contributed by atoms with Crippen molar-refractivity contribution in [2.75, 3.05) is 0 Å². The number of aromatic nitrogens is 4. The zero-order valence-electron chi connectivity index (χ0n) is 25.6. The molecule has 0 aliphatic rings. The van der Waals surface area contributed by atoms with Gasteiger partial charge in [-0.2, -0.15) is 5.26 Å². The number of nitriles is 1. The molecule has 0 N–H and O–H groups in total. The molecule has 0 aliphatic carbocycles. The quantitative estimate of drug-likeness (QED) is 0.188. The van der Waals surface area contributed by atoms with E-state index in [2.05, 4.69) is 41.5 Å². The first-order valence-electron chi connectivity index (χ1n) is 15.3. The highest BCUT2D eigenvalue weighted by molar-refractivity contribution is 6.23. The zero-order valence-corrected chi connectivity index (χ0v) is 25.6. The fraction of sp³-hybridized carbons (Fsp3) is 0.0244. The molecule has 0 saturated heterocycles. The Balaban J connectivity index is 1.36. The summed E-state index contributed by atoms with van der Waals surface area (Å²) in [5.74, 6) is 2.27. The van der Waals surface area contributed by atoms with Crippen molar-refractivity contribution in [2.24, 2.45) is 0 Å². The Morgan fingerprint density at radius 2 is 1.38 bits per heavy atom. The number of nitrogens with zero attached hydrogens (tertiary/aromatic N) is 5. The molecule has 0 aliphatic heterocycles. The van der Waals surface area contributed by atoms with Crippen LogP contribution in [0.3, 0.4) is 0 Å². The summed E-state index contributed by atoms with van der Waals surface area (Å²) < 4.78 is 8.42. The van der Waals surface area contributed by atoms with Crippen LogP contribution in [-0.2, 0) is 0 Å². The highest BCUT2D eigenvalue weighted by Gasteiger charge is 2.21. The van der Waals surface area contributed by atoms with E-state index in [1.165, 1.54) is 0 Å². The number of hydrogen-bond donors (Lipinski definition) is 0. The average Bonchev–Trinajstić information content (AvgIpc) is 3.67. The number of benzene rings is 5. The second-order valence-electron chi connectivity index (χ2n) is 11.1. The SMILES string of the molecule is C=Cc1oc2ccc3c(c4ccccc4n3-c3ccc(-c4nc(-c5ccccc5)nc(-c5ccccc5)n4)c(C#N)c3)c2c1/C=C\C. The molecule has 0 unspecified atom stereocenters. The first kappa shape index (κ1) is 27.9. The minimum absolute atomic E-state index is 0.441. The lowest BCUT2D eigenvalue weighted by molar-refractivity contribution is 0.603. The third-order valence-electron chi connectivity index (χ3n) is 8.40. The summed E-state index contributed by atoms with van der Waals surface area (Å²) in [6.07, 6.45) is 5.84. The van der Waals surface area contributed by atoms with Crippen LogP contribution in [0, 0.1) is 11.3 Å². The van der Waals surface area contributed by atoms with Crippen molar-refractivity contribution in [3.05, 3.63) is 145 Å². The summed E-state index contributed by atoms with van der Waals surface area (Å²) in [7, 11) is 0. The van der Waals surface area contributed by atoms with Gasteiger partial charge in [0.25, 0.3) is 0 Å². The third kappa shape index (κ3) is 4.61. The molecule has 6 heteroatoms. The zero-order chi connectivity index (χ0) is 31.9. The molecule has 0 amide bonds. The highest BCUT2D eigenvalue weighted by Crippen LogP contribution is 2.41. The molecular weight excluding hydrogens is 578 g/mol. The van der Waals surface area contributed by atoms with Gasteiger partial charge in [0, 0.05) is 44.1 Å². The lowest BCUT2D eigenvalue weighted by Gasteiger charge is -2.12. The Kier molecular flexibility index (Phi) is 6.78. The van der Waals surface area contributed by atoms with Crippen LogP contribution in [-0.4, -0.2) is 19.5 Å². The number of rotatable bonds is 6. The van der Waals surface area contributed by atoms with Gasteiger partial charge in [0.1, 0.15) is 11.3 Å². The van der Waals surface area contributed by atoms with Crippen molar-refractivity contribution in [1.82, 2.24) is 19.5 Å². The largest absolute Gasteiger partial charge is 0.456 e. The molecule has 0 saturated carbocycles. The topological polar surface area (TPSA) is 80.5 Å². The van der Waals surface area contributed by atoms with Crippen LogP contribution < -0.4 is 0 Å². The summed E-state index contributed by atoms with van der Waals surface area (Å²) in [5, 5.41) is 13.7. The molecule has 3 heterocycles. The van der Waals surface area contributed by atoms with Crippen LogP contribution >= 0.6 is 0 Å². The minimum Gasteiger partial charge on any atom is -0.456 e. The van der Waals surface area contributed by atoms with E-state index >= 15 is 0 Å². The molecule has 0 fully saturated rings. The smallest absolute Gasteiger partial charge is 0.165 e. The van der Waals surface area contributed by atoms with Gasteiger partial charge >= 0.3 is 0 Å². The number of para-hydroxylation sites is 1. The summed E-state index contributed by atoms with van der Waals surface area (Å²) in [6, 6.07) is 40.4. The van der Waals surface area contributed by atoms with Crippen molar-refractivity contribution in [1.29, 1.82) is 5.26 Å². The van der Waals surface area contributed by atoms with Crippen molar-refractivity contribution in [2.45, 2.75) is 6.92 Å². The van der Waals surface area contributed by atoms with E-state index in [0.717, 1.165) is 60.9 Å². The summed E-state index contributed by atoms with van der Waals surface area (Å²) in [4.78, 5) is 14.5. The second kappa shape index (κ2) is 11.4. The van der Waals surface area contributed by atoms with E-state index in [1.807, 2.05) is 110 Å². The van der Waals surface area contributed by atoms with Crippen molar-refractivity contribution < 1.29 is 4.42 Å². The Labute approximate surface area is 271 Å². The predicted octanol–water partition coefficient (Wildman–Crippen LogP) is 10.3. The van der Waals surface area contributed by atoms with Gasteiger partial charge in [-0.05, 0) is 49.4 Å². The maximum atomic E-state index is 10.5. The Hall–Kier alpha value is -6.58. The van der Waals surface area contributed by atoms with Gasteiger partial charge in [0.05, 0.1) is 22.7 Å². The van der Waals surface area contributed by atoms with Crippen molar-refractivity contribution >= 4 is 44.9 Å². The molecule has 6 nitrogen and oxygen atoms in total. The van der Waals surface area contributed by atoms with Gasteiger partial charge < -0.3 is 8.98 Å². The fourth-order valence-electron chi connectivity index (χ4n) is 6.34. The monoisotopic (exact) mass is 605 g/mol. The molecule has 222 valence electrons. The van der Waals surface area contributed by atoms with Crippen LogP contribution in [0.1, 0.15) is 23.8 Å². The maximum absolute atomic E-state index is 10.5. The third-order valence-corrected chi connectivity index (χ3v) is 8.40. The molecule has 5 aromatic carbocycles. The number of furan rings is 1. The number of fused-ring (bicyclic) bond motifs is 5. The van der Waals surface area contributed by atoms with Crippen molar-refractivity contribution in [3.8, 4) is 45.9 Å². The lowest BCUT2D eigenvalue weighted by atomic mass is 10.0. The summed E-state index contributed by atoms with van der Waals surface area (Å²) in [6.45, 7) is 5.98. The molecule has 0 bridgehead atoms. The standard InChI is InChI=1S/C41H27N5O/c1-3-13-32-35(4-2)47-36-23-22-34-37(38(32)36)31-18-11-12-19-33(31)46(34)29-20-21-30(28(24-29)25-42)41-44-39(26-14-7-5-8-15-26)43-40(45-41)27-16-9-6-10-17-27/h3-24H,2H2,1H3/b13-3-. The van der Waals surface area contributed by atoms with Gasteiger partial charge in [-0.15, -0.1) is 0 Å². The van der Waals surface area contributed by atoms with E-state index in [-0.39, 0.29) is 0 Å². The predicted molar refractivity (Wildman–Crippen MR) is 190 cm³/mol. The Morgan fingerprint density at radius 1 is 0.723 bits per heavy atom. The van der Waals surface area contributed by atoms with E-state index < -0.39 is 0 Å². The number of hydrogen-bond acceptors (Lipinski definition) is 5. The van der Waals surface area contributed by atoms with Gasteiger partial charge in [-0.3, -0.25) is 0 Å². The summed E-state index contributed by atoms with van der Waals surface area (Å²) in [5.41, 5.74) is 7.53. The first-order valence-corrected chi connectivity index (χ1v) is 15.3. The second-order valence-corrected chi connectivity index (χ2v) is 11.1. The molecular formula is C41H27N5O. The average molecular weight is 606 g/mol. The molecule has 47 heavy (non-hydrogen) atoms. The Bertz CT molecular complexity index is 2490. The van der Waals surface area contributed by atoms with Crippen LogP contribution in [0.25, 0.3) is 84.8 Å². The van der Waals surface area contributed by atoms with Crippen LogP contribution in [0.4, 0.5) is 0 Å². The molecule has 0 radical (unpaired) electrons. The van der Waals surface area contributed by atoms with Gasteiger partial charge in [-0.25, -0.2) is 15.0 Å². The molecule has 3 aromatic heterocycles. The number of allylic oxidation sites excluding steroid dienone is 1.